The fourth-order valence-electron chi connectivity index (χ4n) is 2.06. The Labute approximate surface area is 92.7 Å². The molecule has 0 radical (unpaired) electrons. The van der Waals surface area contributed by atoms with E-state index in [4.69, 9.17) is 0 Å². The molecule has 2 aromatic rings. The Morgan fingerprint density at radius 1 is 1.25 bits per heavy atom. The van der Waals surface area contributed by atoms with Crippen LogP contribution in [0.2, 0.25) is 0 Å². The standard InChI is InChI=1S/C12H11N3O/c16-12-14-7-11(15-12)9-5-6-13-10-4-2-1-3-8(9)10/h1-6,11H,7H2,(H2,14,15,16)/t11-/m1/s1. The molecule has 4 heteroatoms. The molecule has 1 aliphatic rings. The van der Waals surface area contributed by atoms with Crippen LogP contribution in [0.1, 0.15) is 11.6 Å². The number of aromatic nitrogens is 1. The van der Waals surface area contributed by atoms with E-state index in [1.807, 2.05) is 30.3 Å². The summed E-state index contributed by atoms with van der Waals surface area (Å²) in [5.41, 5.74) is 2.07. The first-order valence-electron chi connectivity index (χ1n) is 5.22. The van der Waals surface area contributed by atoms with E-state index in [9.17, 15) is 4.79 Å². The Kier molecular flexibility index (Phi) is 1.99. The zero-order valence-corrected chi connectivity index (χ0v) is 8.60. The number of amides is 2. The lowest BCUT2D eigenvalue weighted by molar-refractivity contribution is 0.247. The fraction of sp³-hybridized carbons (Fsp3) is 0.167. The number of para-hydroxylation sites is 1. The van der Waals surface area contributed by atoms with E-state index in [2.05, 4.69) is 15.6 Å². The normalized spacial score (nSPS) is 19.5. The van der Waals surface area contributed by atoms with Crippen molar-refractivity contribution in [2.75, 3.05) is 6.54 Å². The van der Waals surface area contributed by atoms with Gasteiger partial charge in [0.15, 0.2) is 0 Å². The van der Waals surface area contributed by atoms with Crippen LogP contribution in [0.4, 0.5) is 4.79 Å². The van der Waals surface area contributed by atoms with Crippen molar-refractivity contribution < 1.29 is 4.79 Å². The first kappa shape index (κ1) is 9.15. The number of pyridine rings is 1. The number of nitrogens with zero attached hydrogens (tertiary/aromatic N) is 1. The molecule has 0 unspecified atom stereocenters. The molecule has 2 heterocycles. The highest BCUT2D eigenvalue weighted by molar-refractivity contribution is 5.84. The minimum absolute atomic E-state index is 0.0420. The SMILES string of the molecule is O=C1NC[C@H](c2ccnc3ccccc23)N1. The van der Waals surface area contributed by atoms with Gasteiger partial charge in [-0.25, -0.2) is 4.79 Å². The summed E-state index contributed by atoms with van der Waals surface area (Å²) in [4.78, 5) is 15.4. The van der Waals surface area contributed by atoms with Crippen molar-refractivity contribution in [3.63, 3.8) is 0 Å². The molecule has 80 valence electrons. The third-order valence-corrected chi connectivity index (χ3v) is 2.83. The van der Waals surface area contributed by atoms with Crippen LogP contribution in [-0.2, 0) is 0 Å². The highest BCUT2D eigenvalue weighted by atomic mass is 16.2. The number of benzene rings is 1. The second-order valence-electron chi connectivity index (χ2n) is 3.82. The molecule has 2 amide bonds. The van der Waals surface area contributed by atoms with Gasteiger partial charge in [0.25, 0.3) is 0 Å². The van der Waals surface area contributed by atoms with E-state index in [0.29, 0.717) is 6.54 Å². The zero-order chi connectivity index (χ0) is 11.0. The molecule has 2 N–H and O–H groups in total. The van der Waals surface area contributed by atoms with Gasteiger partial charge in [0.1, 0.15) is 0 Å². The van der Waals surface area contributed by atoms with Crippen molar-refractivity contribution in [3.8, 4) is 0 Å². The van der Waals surface area contributed by atoms with Crippen LogP contribution < -0.4 is 10.6 Å². The summed E-state index contributed by atoms with van der Waals surface area (Å²) in [6, 6.07) is 9.85. The van der Waals surface area contributed by atoms with E-state index in [1.54, 1.807) is 6.20 Å². The highest BCUT2D eigenvalue weighted by Crippen LogP contribution is 2.23. The topological polar surface area (TPSA) is 54.0 Å². The van der Waals surface area contributed by atoms with Gasteiger partial charge in [0, 0.05) is 18.1 Å². The lowest BCUT2D eigenvalue weighted by Gasteiger charge is -2.11. The Balaban J connectivity index is 2.13. The molecule has 1 atom stereocenters. The zero-order valence-electron chi connectivity index (χ0n) is 8.60. The summed E-state index contributed by atoms with van der Waals surface area (Å²) in [5, 5.41) is 6.74. The van der Waals surface area contributed by atoms with Gasteiger partial charge in [0.05, 0.1) is 11.6 Å². The van der Waals surface area contributed by atoms with Gasteiger partial charge in [-0.3, -0.25) is 4.98 Å². The van der Waals surface area contributed by atoms with E-state index >= 15 is 0 Å². The minimum Gasteiger partial charge on any atom is -0.336 e. The highest BCUT2D eigenvalue weighted by Gasteiger charge is 2.22. The average molecular weight is 213 g/mol. The second-order valence-corrected chi connectivity index (χ2v) is 3.82. The van der Waals surface area contributed by atoms with E-state index in [-0.39, 0.29) is 12.1 Å². The van der Waals surface area contributed by atoms with Gasteiger partial charge in [-0.2, -0.15) is 0 Å². The molecule has 0 bridgehead atoms. The van der Waals surface area contributed by atoms with E-state index in [0.717, 1.165) is 16.5 Å². The summed E-state index contributed by atoms with van der Waals surface area (Å²) in [6.45, 7) is 0.632. The maximum absolute atomic E-state index is 11.1. The van der Waals surface area contributed by atoms with Crippen LogP contribution in [0.3, 0.4) is 0 Å². The molecule has 0 spiro atoms. The summed E-state index contributed by atoms with van der Waals surface area (Å²) >= 11 is 0. The molecule has 1 fully saturated rings. The summed E-state index contributed by atoms with van der Waals surface area (Å²) in [7, 11) is 0. The molecule has 16 heavy (non-hydrogen) atoms. The molecular weight excluding hydrogens is 202 g/mol. The van der Waals surface area contributed by atoms with Crippen LogP contribution in [0.25, 0.3) is 10.9 Å². The summed E-state index contributed by atoms with van der Waals surface area (Å²) in [6.07, 6.45) is 1.78. The summed E-state index contributed by atoms with van der Waals surface area (Å²) in [5.74, 6) is 0. The molecule has 1 aromatic carbocycles. The number of carbonyl (C=O) groups excluding carboxylic acids is 1. The molecule has 3 rings (SSSR count). The molecule has 1 saturated heterocycles. The second kappa shape index (κ2) is 3.48. The van der Waals surface area contributed by atoms with E-state index in [1.165, 1.54) is 0 Å². The smallest absolute Gasteiger partial charge is 0.315 e. The predicted octanol–water partition coefficient (Wildman–Crippen LogP) is 1.59. The molecular formula is C12H11N3O. The largest absolute Gasteiger partial charge is 0.336 e. The summed E-state index contributed by atoms with van der Waals surface area (Å²) < 4.78 is 0. The van der Waals surface area contributed by atoms with Gasteiger partial charge in [-0.05, 0) is 17.7 Å². The molecule has 1 aromatic heterocycles. The van der Waals surface area contributed by atoms with Crippen molar-refractivity contribution in [1.82, 2.24) is 15.6 Å². The first-order chi connectivity index (χ1) is 7.84. The van der Waals surface area contributed by atoms with Crippen molar-refractivity contribution in [2.24, 2.45) is 0 Å². The number of carbonyl (C=O) groups is 1. The van der Waals surface area contributed by atoms with Crippen LogP contribution >= 0.6 is 0 Å². The van der Waals surface area contributed by atoms with Crippen molar-refractivity contribution in [1.29, 1.82) is 0 Å². The number of nitrogens with one attached hydrogen (secondary N) is 2. The number of fused-ring (bicyclic) bond motifs is 1. The Morgan fingerprint density at radius 2 is 2.12 bits per heavy atom. The van der Waals surface area contributed by atoms with Crippen LogP contribution in [0.15, 0.2) is 36.5 Å². The van der Waals surface area contributed by atoms with Crippen molar-refractivity contribution >= 4 is 16.9 Å². The van der Waals surface area contributed by atoms with Gasteiger partial charge in [0.2, 0.25) is 0 Å². The third-order valence-electron chi connectivity index (χ3n) is 2.83. The predicted molar refractivity (Wildman–Crippen MR) is 61.0 cm³/mol. The monoisotopic (exact) mass is 213 g/mol. The quantitative estimate of drug-likeness (QED) is 0.755. The van der Waals surface area contributed by atoms with Gasteiger partial charge < -0.3 is 10.6 Å². The van der Waals surface area contributed by atoms with Gasteiger partial charge in [-0.1, -0.05) is 18.2 Å². The lowest BCUT2D eigenvalue weighted by atomic mass is 10.0. The molecule has 4 nitrogen and oxygen atoms in total. The van der Waals surface area contributed by atoms with Crippen molar-refractivity contribution in [2.45, 2.75) is 6.04 Å². The maximum Gasteiger partial charge on any atom is 0.315 e. The fourth-order valence-corrected chi connectivity index (χ4v) is 2.06. The van der Waals surface area contributed by atoms with Gasteiger partial charge in [-0.15, -0.1) is 0 Å². The number of hydrogen-bond acceptors (Lipinski definition) is 2. The lowest BCUT2D eigenvalue weighted by Crippen LogP contribution is -2.21. The number of rotatable bonds is 1. The molecule has 0 aliphatic carbocycles. The number of urea groups is 1. The first-order valence-corrected chi connectivity index (χ1v) is 5.22. The third kappa shape index (κ3) is 1.39. The minimum atomic E-state index is -0.106. The molecule has 0 saturated carbocycles. The Morgan fingerprint density at radius 3 is 2.94 bits per heavy atom. The van der Waals surface area contributed by atoms with Crippen LogP contribution in [-0.4, -0.2) is 17.6 Å². The maximum atomic E-state index is 11.1. The average Bonchev–Trinajstić information content (AvgIpc) is 2.75. The number of hydrogen-bond donors (Lipinski definition) is 2. The Hall–Kier alpha value is -2.10. The van der Waals surface area contributed by atoms with E-state index < -0.39 is 0 Å². The van der Waals surface area contributed by atoms with Crippen LogP contribution in [0.5, 0.6) is 0 Å². The molecule has 1 aliphatic heterocycles. The van der Waals surface area contributed by atoms with Gasteiger partial charge >= 0.3 is 6.03 Å². The van der Waals surface area contributed by atoms with Crippen molar-refractivity contribution in [3.05, 3.63) is 42.1 Å². The Bertz CT molecular complexity index is 547. The van der Waals surface area contributed by atoms with Crippen LogP contribution in [0, 0.1) is 0 Å².